The average molecular weight is 147 g/mol. The maximum atomic E-state index is 2.12. The van der Waals surface area contributed by atoms with Crippen molar-refractivity contribution in [2.24, 2.45) is 0 Å². The van der Waals surface area contributed by atoms with Crippen LogP contribution in [-0.4, -0.2) is 4.57 Å². The number of rotatable bonds is 1. The van der Waals surface area contributed by atoms with Gasteiger partial charge in [0.05, 0.1) is 0 Å². The third-order valence-corrected chi connectivity index (χ3v) is 1.48. The smallest absolute Gasteiger partial charge is 0.0191 e. The molecule has 0 spiro atoms. The van der Waals surface area contributed by atoms with E-state index in [0.29, 0.717) is 0 Å². The maximum absolute atomic E-state index is 2.12. The first-order valence-electron chi connectivity index (χ1n) is 3.87. The Balaban J connectivity index is 3.07. The van der Waals surface area contributed by atoms with Gasteiger partial charge in [0.1, 0.15) is 0 Å². The van der Waals surface area contributed by atoms with Crippen LogP contribution < -0.4 is 0 Å². The largest absolute Gasteiger partial charge is 0.355 e. The molecule has 0 unspecified atom stereocenters. The molecule has 1 nitrogen and oxygen atoms in total. The second kappa shape index (κ2) is 4.56. The molecule has 0 aromatic carbocycles. The minimum atomic E-state index is 1.01. The summed E-state index contributed by atoms with van der Waals surface area (Å²) in [5, 5.41) is 0. The fraction of sp³-hybridized carbons (Fsp3) is 0.200. The highest BCUT2D eigenvalue weighted by molar-refractivity contribution is 4.95. The lowest BCUT2D eigenvalue weighted by molar-refractivity contribution is 0.759. The van der Waals surface area contributed by atoms with Crippen LogP contribution in [0.25, 0.3) is 0 Å². The molecule has 1 aromatic heterocycles. The molecule has 0 aliphatic heterocycles. The third kappa shape index (κ3) is 2.89. The van der Waals surface area contributed by atoms with Gasteiger partial charge >= 0.3 is 0 Å². The molecule has 0 saturated heterocycles. The van der Waals surface area contributed by atoms with Crippen molar-refractivity contribution in [2.45, 2.75) is 13.5 Å². The molecule has 1 heteroatoms. The van der Waals surface area contributed by atoms with Crippen LogP contribution in [0.15, 0.2) is 48.8 Å². The summed E-state index contributed by atoms with van der Waals surface area (Å²) in [6.45, 7) is 3.13. The quantitative estimate of drug-likeness (QED) is 0.575. The van der Waals surface area contributed by atoms with Crippen molar-refractivity contribution in [3.63, 3.8) is 0 Å². The lowest BCUT2D eigenvalue weighted by Crippen LogP contribution is -1.88. The number of aryl methyl sites for hydroxylation is 1. The second-order valence-electron chi connectivity index (χ2n) is 2.28. The van der Waals surface area contributed by atoms with Crippen molar-refractivity contribution in [1.29, 1.82) is 0 Å². The first-order valence-corrected chi connectivity index (χ1v) is 3.87. The van der Waals surface area contributed by atoms with Crippen molar-refractivity contribution < 1.29 is 0 Å². The molecule has 1 heterocycles. The number of hydrogen-bond acceptors (Lipinski definition) is 0. The van der Waals surface area contributed by atoms with E-state index >= 15 is 0 Å². The Morgan fingerprint density at radius 3 is 1.73 bits per heavy atom. The Kier molecular flexibility index (Phi) is 3.26. The molecule has 0 saturated carbocycles. The highest BCUT2D eigenvalue weighted by atomic mass is 14.9. The summed E-state index contributed by atoms with van der Waals surface area (Å²) >= 11 is 0. The van der Waals surface area contributed by atoms with Crippen LogP contribution in [0.2, 0.25) is 0 Å². The molecule has 0 amide bonds. The van der Waals surface area contributed by atoms with E-state index in [1.165, 1.54) is 0 Å². The van der Waals surface area contributed by atoms with Crippen molar-refractivity contribution in [1.82, 2.24) is 4.57 Å². The Labute approximate surface area is 67.6 Å². The summed E-state index contributed by atoms with van der Waals surface area (Å²) < 4.78 is 2.12. The summed E-state index contributed by atoms with van der Waals surface area (Å²) in [5.41, 5.74) is 0. The Hall–Kier alpha value is -1.24. The standard InChI is InChI=1S/C10H13N/c1-2-11-9-7-5-3-4-6-8-10-11/h3-10H,2H2,1H3. The number of aromatic nitrogens is 1. The molecule has 11 heavy (non-hydrogen) atoms. The van der Waals surface area contributed by atoms with Crippen molar-refractivity contribution >= 4 is 0 Å². The molecule has 0 radical (unpaired) electrons. The van der Waals surface area contributed by atoms with E-state index < -0.39 is 0 Å². The van der Waals surface area contributed by atoms with Gasteiger partial charge in [-0.05, 0) is 19.1 Å². The Morgan fingerprint density at radius 1 is 0.818 bits per heavy atom. The van der Waals surface area contributed by atoms with Crippen molar-refractivity contribution in [2.75, 3.05) is 0 Å². The molecule has 58 valence electrons. The summed E-state index contributed by atoms with van der Waals surface area (Å²) in [4.78, 5) is 0. The molecular formula is C10H13N. The van der Waals surface area contributed by atoms with E-state index in [1.807, 2.05) is 36.4 Å². The normalized spacial score (nSPS) is 8.82. The summed E-state index contributed by atoms with van der Waals surface area (Å²) in [5.74, 6) is 0. The van der Waals surface area contributed by atoms with E-state index in [9.17, 15) is 0 Å². The highest BCUT2D eigenvalue weighted by Crippen LogP contribution is 1.84. The Morgan fingerprint density at radius 2 is 1.27 bits per heavy atom. The van der Waals surface area contributed by atoms with Gasteiger partial charge in [0.2, 0.25) is 0 Å². The van der Waals surface area contributed by atoms with Crippen LogP contribution in [0.5, 0.6) is 0 Å². The average Bonchev–Trinajstić information content (AvgIpc) is 2.16. The molecule has 0 fully saturated rings. The summed E-state index contributed by atoms with van der Waals surface area (Å²) in [6.07, 6.45) is 4.11. The zero-order chi connectivity index (χ0) is 7.94. The van der Waals surface area contributed by atoms with Gasteiger partial charge in [-0.3, -0.25) is 0 Å². The summed E-state index contributed by atoms with van der Waals surface area (Å²) in [7, 11) is 0. The van der Waals surface area contributed by atoms with Gasteiger partial charge in [0, 0.05) is 18.9 Å². The first-order chi connectivity index (χ1) is 5.43. The SMILES string of the molecule is CCn1cccccccc1. The monoisotopic (exact) mass is 147 g/mol. The first kappa shape index (κ1) is 7.86. The molecule has 1 aromatic rings. The van der Waals surface area contributed by atoms with Gasteiger partial charge in [-0.15, -0.1) is 0 Å². The zero-order valence-electron chi connectivity index (χ0n) is 6.77. The lowest BCUT2D eigenvalue weighted by Gasteiger charge is -1.94. The van der Waals surface area contributed by atoms with Gasteiger partial charge in [0.15, 0.2) is 0 Å². The zero-order valence-corrected chi connectivity index (χ0v) is 6.77. The number of nitrogens with zero attached hydrogens (tertiary/aromatic N) is 1. The predicted octanol–water partition coefficient (Wildman–Crippen LogP) is 2.63. The minimum absolute atomic E-state index is 1.01. The highest BCUT2D eigenvalue weighted by Gasteiger charge is 1.72. The summed E-state index contributed by atoms with van der Waals surface area (Å²) in [6, 6.07) is 12.1. The molecular weight excluding hydrogens is 134 g/mol. The predicted molar refractivity (Wildman–Crippen MR) is 47.7 cm³/mol. The van der Waals surface area contributed by atoms with Crippen LogP contribution in [0, 0.1) is 0 Å². The van der Waals surface area contributed by atoms with Crippen LogP contribution in [0.4, 0.5) is 0 Å². The third-order valence-electron chi connectivity index (χ3n) is 1.48. The molecule has 0 aliphatic carbocycles. The molecule has 1 rings (SSSR count). The van der Waals surface area contributed by atoms with Crippen LogP contribution >= 0.6 is 0 Å². The van der Waals surface area contributed by atoms with Gasteiger partial charge in [-0.1, -0.05) is 24.3 Å². The Bertz CT molecular complexity index is 225. The van der Waals surface area contributed by atoms with E-state index in [4.69, 9.17) is 0 Å². The molecule has 0 atom stereocenters. The van der Waals surface area contributed by atoms with Gasteiger partial charge in [-0.25, -0.2) is 0 Å². The molecule has 0 aliphatic rings. The van der Waals surface area contributed by atoms with Gasteiger partial charge in [-0.2, -0.15) is 0 Å². The van der Waals surface area contributed by atoms with E-state index in [0.717, 1.165) is 6.54 Å². The number of hydrogen-bond donors (Lipinski definition) is 0. The fourth-order valence-corrected chi connectivity index (χ4v) is 0.838. The van der Waals surface area contributed by atoms with Gasteiger partial charge < -0.3 is 4.57 Å². The maximum Gasteiger partial charge on any atom is 0.0191 e. The van der Waals surface area contributed by atoms with Crippen LogP contribution in [-0.2, 0) is 6.54 Å². The van der Waals surface area contributed by atoms with E-state index in [-0.39, 0.29) is 0 Å². The van der Waals surface area contributed by atoms with Crippen molar-refractivity contribution in [3.05, 3.63) is 48.8 Å². The lowest BCUT2D eigenvalue weighted by atomic mass is 10.5. The van der Waals surface area contributed by atoms with E-state index in [1.54, 1.807) is 0 Å². The topological polar surface area (TPSA) is 4.93 Å². The van der Waals surface area contributed by atoms with Gasteiger partial charge in [0.25, 0.3) is 0 Å². The van der Waals surface area contributed by atoms with Crippen LogP contribution in [0.1, 0.15) is 6.92 Å². The fourth-order valence-electron chi connectivity index (χ4n) is 0.838. The molecule has 0 bridgehead atoms. The van der Waals surface area contributed by atoms with Crippen molar-refractivity contribution in [3.8, 4) is 0 Å². The van der Waals surface area contributed by atoms with Crippen LogP contribution in [0.3, 0.4) is 0 Å². The minimum Gasteiger partial charge on any atom is -0.355 e. The molecule has 0 N–H and O–H groups in total. The van der Waals surface area contributed by atoms with E-state index in [2.05, 4.69) is 23.9 Å². The second-order valence-corrected chi connectivity index (χ2v) is 2.28.